The fraction of sp³-hybridized carbons (Fsp3) is 0. The number of rotatable bonds is 2. The molecule has 0 atom stereocenters. The van der Waals surface area contributed by atoms with Gasteiger partial charge in [0.15, 0.2) is 11.4 Å². The maximum Gasteiger partial charge on any atom is 0.280 e. The van der Waals surface area contributed by atoms with E-state index in [0.29, 0.717) is 21.6 Å². The van der Waals surface area contributed by atoms with Crippen molar-refractivity contribution in [3.05, 3.63) is 58.1 Å². The van der Waals surface area contributed by atoms with E-state index < -0.39 is 5.56 Å². The van der Waals surface area contributed by atoms with Gasteiger partial charge in [-0.3, -0.25) is 9.78 Å². The van der Waals surface area contributed by atoms with Crippen LogP contribution in [-0.2, 0) is 0 Å². The summed E-state index contributed by atoms with van der Waals surface area (Å²) in [7, 11) is 0. The number of aromatic amines is 1. The second-order valence-corrected chi connectivity index (χ2v) is 4.63. The van der Waals surface area contributed by atoms with Crippen molar-refractivity contribution in [2.75, 3.05) is 0 Å². The maximum absolute atomic E-state index is 12.0. The summed E-state index contributed by atoms with van der Waals surface area (Å²) in [6.07, 6.45) is 3.09. The molecule has 3 aromatic rings. The summed E-state index contributed by atoms with van der Waals surface area (Å²) in [5.74, 6) is -0.260. The molecule has 0 bridgehead atoms. The van der Waals surface area contributed by atoms with Crippen LogP contribution in [0, 0.1) is 0 Å². The normalized spacial score (nSPS) is 11.3. The highest BCUT2D eigenvalue weighted by Crippen LogP contribution is 2.33. The number of nitrogens with one attached hydrogen (secondary N) is 1. The summed E-state index contributed by atoms with van der Waals surface area (Å²) in [5.41, 5.74) is 0.0962. The molecule has 0 saturated carbocycles. The predicted molar refractivity (Wildman–Crippen MR) is 79.7 cm³/mol. The Kier molecular flexibility index (Phi) is 3.37. The first kappa shape index (κ1) is 13.3. The van der Waals surface area contributed by atoms with Crippen LogP contribution in [-0.4, -0.2) is 15.1 Å². The fourth-order valence-corrected chi connectivity index (χ4v) is 2.09. The highest BCUT2D eigenvalue weighted by molar-refractivity contribution is 6.35. The van der Waals surface area contributed by atoms with Crippen LogP contribution >= 0.6 is 11.6 Å². The summed E-state index contributed by atoms with van der Waals surface area (Å²) in [5, 5.41) is 18.6. The molecule has 2 N–H and O–H groups in total. The van der Waals surface area contributed by atoms with E-state index in [1.54, 1.807) is 36.5 Å². The largest absolute Gasteiger partial charge is 0.505 e. The first-order chi connectivity index (χ1) is 10.2. The lowest BCUT2D eigenvalue weighted by Crippen LogP contribution is -2.05. The van der Waals surface area contributed by atoms with Gasteiger partial charge in [-0.25, -0.2) is 0 Å². The van der Waals surface area contributed by atoms with Crippen LogP contribution in [0.3, 0.4) is 0 Å². The van der Waals surface area contributed by atoms with Crippen LogP contribution in [0.25, 0.3) is 10.9 Å². The summed E-state index contributed by atoms with van der Waals surface area (Å²) in [4.78, 5) is 18.5. The monoisotopic (exact) mass is 300 g/mol. The van der Waals surface area contributed by atoms with E-state index in [1.165, 1.54) is 6.20 Å². The van der Waals surface area contributed by atoms with Crippen molar-refractivity contribution in [1.29, 1.82) is 0 Å². The van der Waals surface area contributed by atoms with Gasteiger partial charge in [0.2, 0.25) is 0 Å². The third kappa shape index (κ3) is 2.48. The Labute approximate surface area is 123 Å². The molecule has 0 aliphatic heterocycles. The molecule has 0 saturated heterocycles. The zero-order valence-corrected chi connectivity index (χ0v) is 11.4. The van der Waals surface area contributed by atoms with Crippen molar-refractivity contribution < 1.29 is 5.11 Å². The lowest BCUT2D eigenvalue weighted by atomic mass is 10.2. The molecule has 0 spiro atoms. The number of aromatic hydroxyl groups is 1. The van der Waals surface area contributed by atoms with Crippen LogP contribution in [0.2, 0.25) is 5.02 Å². The molecule has 2 heterocycles. The van der Waals surface area contributed by atoms with Gasteiger partial charge in [-0.2, -0.15) is 0 Å². The van der Waals surface area contributed by atoms with Gasteiger partial charge in [0.1, 0.15) is 5.69 Å². The second-order valence-electron chi connectivity index (χ2n) is 4.22. The number of azo groups is 1. The molecule has 0 fully saturated rings. The zero-order valence-electron chi connectivity index (χ0n) is 10.6. The number of benzene rings is 1. The zero-order chi connectivity index (χ0) is 14.8. The van der Waals surface area contributed by atoms with Gasteiger partial charge in [-0.05, 0) is 24.3 Å². The molecule has 0 aliphatic carbocycles. The minimum atomic E-state index is -0.569. The molecule has 0 unspecified atom stereocenters. The smallest absolute Gasteiger partial charge is 0.280 e. The van der Waals surface area contributed by atoms with E-state index in [4.69, 9.17) is 11.6 Å². The van der Waals surface area contributed by atoms with Crippen molar-refractivity contribution in [2.24, 2.45) is 10.2 Å². The fourth-order valence-electron chi connectivity index (χ4n) is 1.87. The minimum Gasteiger partial charge on any atom is -0.505 e. The number of halogens is 1. The van der Waals surface area contributed by atoms with E-state index in [9.17, 15) is 9.90 Å². The second kappa shape index (κ2) is 5.34. The molecular weight excluding hydrogens is 292 g/mol. The van der Waals surface area contributed by atoms with Gasteiger partial charge in [-0.15, -0.1) is 10.2 Å². The van der Waals surface area contributed by atoms with Gasteiger partial charge >= 0.3 is 0 Å². The Morgan fingerprint density at radius 1 is 1.19 bits per heavy atom. The predicted octanol–water partition coefficient (Wildman–Crippen LogP) is 3.70. The summed E-state index contributed by atoms with van der Waals surface area (Å²) in [6.45, 7) is 0. The highest BCUT2D eigenvalue weighted by Gasteiger charge is 2.13. The lowest BCUT2D eigenvalue weighted by molar-refractivity contribution is 0.481. The van der Waals surface area contributed by atoms with Crippen molar-refractivity contribution in [1.82, 2.24) is 9.97 Å². The van der Waals surface area contributed by atoms with E-state index in [-0.39, 0.29) is 11.4 Å². The molecule has 7 heteroatoms. The summed E-state index contributed by atoms with van der Waals surface area (Å²) < 4.78 is 0. The number of pyridine rings is 2. The summed E-state index contributed by atoms with van der Waals surface area (Å²) in [6, 6.07) is 8.30. The maximum atomic E-state index is 12.0. The molecule has 3 rings (SSSR count). The van der Waals surface area contributed by atoms with Crippen LogP contribution in [0.1, 0.15) is 0 Å². The number of fused-ring (bicyclic) bond motifs is 1. The SMILES string of the molecule is O=c1[nH]c2c(Cl)cccc2c(O)c1N=Nc1cccnc1. The number of H-pyrrole nitrogens is 1. The Morgan fingerprint density at radius 3 is 2.81 bits per heavy atom. The standard InChI is InChI=1S/C14H9ClN4O2/c15-10-5-1-4-9-11(10)17-14(21)12(13(9)20)19-18-8-3-2-6-16-7-8/h1-7H,(H2,17,20,21). The van der Waals surface area contributed by atoms with E-state index in [0.717, 1.165) is 0 Å². The van der Waals surface area contributed by atoms with E-state index in [1.807, 2.05) is 0 Å². The number of hydrogen-bond donors (Lipinski definition) is 2. The average molecular weight is 301 g/mol. The first-order valence-electron chi connectivity index (χ1n) is 6.02. The molecule has 104 valence electrons. The van der Waals surface area contributed by atoms with Crippen LogP contribution in [0.5, 0.6) is 5.75 Å². The minimum absolute atomic E-state index is 0.173. The third-order valence-electron chi connectivity index (χ3n) is 2.86. The quantitative estimate of drug-likeness (QED) is 0.707. The molecule has 6 nitrogen and oxygen atoms in total. The van der Waals surface area contributed by atoms with Gasteiger partial charge < -0.3 is 10.1 Å². The Balaban J connectivity index is 2.16. The van der Waals surface area contributed by atoms with Gasteiger partial charge in [0.25, 0.3) is 5.56 Å². The number of para-hydroxylation sites is 1. The van der Waals surface area contributed by atoms with Crippen LogP contribution < -0.4 is 5.56 Å². The van der Waals surface area contributed by atoms with Gasteiger partial charge in [0.05, 0.1) is 16.7 Å². The average Bonchev–Trinajstić information content (AvgIpc) is 2.49. The molecule has 0 radical (unpaired) electrons. The first-order valence-corrected chi connectivity index (χ1v) is 6.40. The van der Waals surface area contributed by atoms with Gasteiger partial charge in [-0.1, -0.05) is 17.7 Å². The van der Waals surface area contributed by atoms with Crippen molar-refractivity contribution in [3.8, 4) is 5.75 Å². The molecule has 0 amide bonds. The Bertz CT molecular complexity index is 891. The van der Waals surface area contributed by atoms with Crippen molar-refractivity contribution in [3.63, 3.8) is 0 Å². The number of nitrogens with zero attached hydrogens (tertiary/aromatic N) is 3. The molecule has 1 aromatic carbocycles. The number of aromatic nitrogens is 2. The van der Waals surface area contributed by atoms with E-state index >= 15 is 0 Å². The van der Waals surface area contributed by atoms with Crippen LogP contribution in [0.4, 0.5) is 11.4 Å². The lowest BCUT2D eigenvalue weighted by Gasteiger charge is -2.04. The summed E-state index contributed by atoms with van der Waals surface area (Å²) >= 11 is 5.98. The van der Waals surface area contributed by atoms with Crippen molar-refractivity contribution in [2.45, 2.75) is 0 Å². The number of hydrogen-bond acceptors (Lipinski definition) is 5. The topological polar surface area (TPSA) is 90.7 Å². The van der Waals surface area contributed by atoms with E-state index in [2.05, 4.69) is 20.2 Å². The Hall–Kier alpha value is -2.73. The third-order valence-corrected chi connectivity index (χ3v) is 3.17. The molecular formula is C14H9ClN4O2. The Morgan fingerprint density at radius 2 is 2.05 bits per heavy atom. The van der Waals surface area contributed by atoms with Gasteiger partial charge in [0, 0.05) is 11.6 Å². The molecule has 2 aromatic heterocycles. The van der Waals surface area contributed by atoms with Crippen molar-refractivity contribution >= 4 is 33.9 Å². The molecule has 0 aliphatic rings. The highest BCUT2D eigenvalue weighted by atomic mass is 35.5. The molecule has 21 heavy (non-hydrogen) atoms. The van der Waals surface area contributed by atoms with Crippen LogP contribution in [0.15, 0.2) is 57.7 Å².